The summed E-state index contributed by atoms with van der Waals surface area (Å²) < 4.78 is 0. The Kier molecular flexibility index (Phi) is 6.76. The van der Waals surface area contributed by atoms with E-state index in [0.29, 0.717) is 5.56 Å². The first kappa shape index (κ1) is 21.9. The molecule has 0 N–H and O–H groups in total. The van der Waals surface area contributed by atoms with Gasteiger partial charge in [0.1, 0.15) is 6.07 Å². The van der Waals surface area contributed by atoms with Gasteiger partial charge in [0.2, 0.25) is 0 Å². The zero-order valence-corrected chi connectivity index (χ0v) is 18.9. The first-order valence-electron chi connectivity index (χ1n) is 10.8. The average molecular weight is 441 g/mol. The van der Waals surface area contributed by atoms with Crippen LogP contribution in [-0.4, -0.2) is 31.1 Å². The predicted octanol–water partition coefficient (Wildman–Crippen LogP) is 5.50. The van der Waals surface area contributed by atoms with Gasteiger partial charge in [-0.1, -0.05) is 41.9 Å². The van der Waals surface area contributed by atoms with Gasteiger partial charge in [-0.05, 0) is 66.4 Å². The second-order valence-electron chi connectivity index (χ2n) is 8.25. The number of anilines is 1. The van der Waals surface area contributed by atoms with Gasteiger partial charge in [0.15, 0.2) is 0 Å². The van der Waals surface area contributed by atoms with Crippen molar-refractivity contribution in [3.63, 3.8) is 0 Å². The van der Waals surface area contributed by atoms with Gasteiger partial charge in [-0.25, -0.2) is 0 Å². The summed E-state index contributed by atoms with van der Waals surface area (Å²) in [4.78, 5) is 4.84. The first-order valence-corrected chi connectivity index (χ1v) is 11.2. The molecule has 1 aliphatic heterocycles. The summed E-state index contributed by atoms with van der Waals surface area (Å²) in [6, 6.07) is 26.7. The fourth-order valence-electron chi connectivity index (χ4n) is 4.32. The summed E-state index contributed by atoms with van der Waals surface area (Å²) in [5.74, 6) is 0. The number of nitrogens with zero attached hydrogens (tertiary/aromatic N) is 4. The summed E-state index contributed by atoms with van der Waals surface area (Å²) in [7, 11) is 0. The smallest absolute Gasteiger partial charge is 0.101 e. The number of hydrogen-bond acceptors (Lipinski definition) is 4. The van der Waals surface area contributed by atoms with Gasteiger partial charge in [0.25, 0.3) is 0 Å². The highest BCUT2D eigenvalue weighted by atomic mass is 35.5. The monoisotopic (exact) mass is 440 g/mol. The summed E-state index contributed by atoms with van der Waals surface area (Å²) in [5.41, 5.74) is 5.92. The molecule has 4 rings (SSSR count). The number of hydrogen-bond donors (Lipinski definition) is 0. The molecule has 0 spiro atoms. The molecule has 3 aromatic carbocycles. The molecule has 4 nitrogen and oxygen atoms in total. The van der Waals surface area contributed by atoms with Crippen molar-refractivity contribution in [3.05, 3.63) is 99.6 Å². The van der Waals surface area contributed by atoms with E-state index in [2.05, 4.69) is 46.2 Å². The predicted molar refractivity (Wildman–Crippen MR) is 129 cm³/mol. The van der Waals surface area contributed by atoms with Crippen LogP contribution in [-0.2, 0) is 6.42 Å². The third kappa shape index (κ3) is 4.94. The fourth-order valence-corrected chi connectivity index (χ4v) is 4.45. The fraction of sp³-hybridized carbons (Fsp3) is 0.259. The quantitative estimate of drug-likeness (QED) is 0.525. The molecule has 0 amide bonds. The molecule has 1 unspecified atom stereocenters. The minimum Gasteiger partial charge on any atom is -0.361 e. The number of aryl methyl sites for hydroxylation is 1. The number of benzene rings is 3. The van der Waals surface area contributed by atoms with Crippen LogP contribution in [0.5, 0.6) is 0 Å². The molecule has 0 saturated carbocycles. The third-order valence-corrected chi connectivity index (χ3v) is 6.35. The van der Waals surface area contributed by atoms with E-state index in [4.69, 9.17) is 16.9 Å². The second-order valence-corrected chi connectivity index (χ2v) is 8.69. The van der Waals surface area contributed by atoms with Gasteiger partial charge in [0, 0.05) is 31.2 Å². The minimum atomic E-state index is 0.136. The highest BCUT2D eigenvalue weighted by molar-refractivity contribution is 6.30. The van der Waals surface area contributed by atoms with Gasteiger partial charge in [-0.3, -0.25) is 4.90 Å². The Morgan fingerprint density at radius 3 is 2.38 bits per heavy atom. The Morgan fingerprint density at radius 1 is 0.938 bits per heavy atom. The molecule has 160 valence electrons. The van der Waals surface area contributed by atoms with Gasteiger partial charge >= 0.3 is 0 Å². The average Bonchev–Trinajstić information content (AvgIpc) is 2.83. The Balaban J connectivity index is 1.56. The molecule has 5 heteroatoms. The van der Waals surface area contributed by atoms with Gasteiger partial charge in [-0.2, -0.15) is 10.5 Å². The number of nitriles is 2. The Hall–Kier alpha value is -3.31. The van der Waals surface area contributed by atoms with E-state index in [-0.39, 0.29) is 6.04 Å². The van der Waals surface area contributed by atoms with Crippen molar-refractivity contribution in [3.8, 4) is 12.1 Å². The van der Waals surface area contributed by atoms with Crippen LogP contribution in [0.25, 0.3) is 0 Å². The lowest BCUT2D eigenvalue weighted by Gasteiger charge is -2.43. The van der Waals surface area contributed by atoms with E-state index < -0.39 is 0 Å². The molecule has 3 aromatic rings. The molecule has 1 atom stereocenters. The number of piperazine rings is 1. The largest absolute Gasteiger partial charge is 0.361 e. The molecule has 1 aliphatic rings. The van der Waals surface area contributed by atoms with Gasteiger partial charge < -0.3 is 4.90 Å². The van der Waals surface area contributed by atoms with E-state index in [0.717, 1.165) is 54.4 Å². The maximum atomic E-state index is 9.74. The summed E-state index contributed by atoms with van der Waals surface area (Å²) in [5, 5.41) is 19.5. The van der Waals surface area contributed by atoms with Crippen molar-refractivity contribution >= 4 is 17.3 Å². The van der Waals surface area contributed by atoms with Crippen LogP contribution in [0.15, 0.2) is 66.7 Å². The molecule has 0 radical (unpaired) electrons. The van der Waals surface area contributed by atoms with Crippen molar-refractivity contribution in [1.29, 1.82) is 10.5 Å². The highest BCUT2D eigenvalue weighted by Gasteiger charge is 2.29. The lowest BCUT2D eigenvalue weighted by molar-refractivity contribution is 0.226. The molecule has 0 bridgehead atoms. The van der Waals surface area contributed by atoms with Crippen LogP contribution in [0, 0.1) is 29.6 Å². The van der Waals surface area contributed by atoms with Crippen LogP contribution >= 0.6 is 11.6 Å². The van der Waals surface area contributed by atoms with Crippen molar-refractivity contribution in [2.24, 2.45) is 0 Å². The number of halogens is 1. The summed E-state index contributed by atoms with van der Waals surface area (Å²) >= 11 is 6.15. The van der Waals surface area contributed by atoms with Gasteiger partial charge in [-0.15, -0.1) is 0 Å². The highest BCUT2D eigenvalue weighted by Crippen LogP contribution is 2.33. The van der Waals surface area contributed by atoms with Crippen molar-refractivity contribution < 1.29 is 0 Å². The maximum Gasteiger partial charge on any atom is 0.101 e. The molecule has 1 fully saturated rings. The Morgan fingerprint density at radius 2 is 1.69 bits per heavy atom. The van der Waals surface area contributed by atoms with Crippen LogP contribution in [0.4, 0.5) is 5.69 Å². The van der Waals surface area contributed by atoms with E-state index in [1.54, 1.807) is 0 Å². The lowest BCUT2D eigenvalue weighted by atomic mass is 9.99. The third-order valence-electron chi connectivity index (χ3n) is 6.10. The molecule has 32 heavy (non-hydrogen) atoms. The molecule has 1 saturated heterocycles. The van der Waals surface area contributed by atoms with E-state index in [1.165, 1.54) is 11.1 Å². The van der Waals surface area contributed by atoms with Crippen LogP contribution < -0.4 is 4.90 Å². The van der Waals surface area contributed by atoms with Crippen LogP contribution in [0.3, 0.4) is 0 Å². The molecule has 0 aliphatic carbocycles. The minimum absolute atomic E-state index is 0.136. The van der Waals surface area contributed by atoms with Crippen molar-refractivity contribution in [2.45, 2.75) is 19.4 Å². The lowest BCUT2D eigenvalue weighted by Crippen LogP contribution is -2.49. The topological polar surface area (TPSA) is 54.1 Å². The second kappa shape index (κ2) is 9.88. The first-order chi connectivity index (χ1) is 15.6. The van der Waals surface area contributed by atoms with E-state index >= 15 is 0 Å². The van der Waals surface area contributed by atoms with E-state index in [1.807, 2.05) is 49.4 Å². The normalized spacial score (nSPS) is 16.4. The Bertz CT molecular complexity index is 1160. The summed E-state index contributed by atoms with van der Waals surface area (Å²) in [6.07, 6.45) is 0.938. The van der Waals surface area contributed by atoms with Gasteiger partial charge in [0.05, 0.1) is 28.9 Å². The van der Waals surface area contributed by atoms with Crippen molar-refractivity contribution in [2.75, 3.05) is 31.1 Å². The van der Waals surface area contributed by atoms with Crippen LogP contribution in [0.1, 0.15) is 33.9 Å². The molecule has 0 aromatic heterocycles. The maximum absolute atomic E-state index is 9.74. The van der Waals surface area contributed by atoms with Crippen LogP contribution in [0.2, 0.25) is 5.02 Å². The standard InChI is InChI=1S/C27H25ClN4/c1-20-2-11-26(24(16-20)18-30)32-15-14-31(13-12-21-3-5-22(17-29)6-4-21)19-27(32)23-7-9-25(28)10-8-23/h2-11,16,27H,12-15,19H2,1H3. The Labute approximate surface area is 194 Å². The SMILES string of the molecule is Cc1ccc(N2CCN(CCc3ccc(C#N)cc3)CC2c2ccc(Cl)cc2)c(C#N)c1. The van der Waals surface area contributed by atoms with E-state index in [9.17, 15) is 5.26 Å². The molecular weight excluding hydrogens is 416 g/mol. The molecular formula is C27H25ClN4. The number of rotatable bonds is 5. The zero-order valence-electron chi connectivity index (χ0n) is 18.1. The summed E-state index contributed by atoms with van der Waals surface area (Å²) in [6.45, 7) is 5.61. The zero-order chi connectivity index (χ0) is 22.5. The molecule has 1 heterocycles. The van der Waals surface area contributed by atoms with Crippen molar-refractivity contribution in [1.82, 2.24) is 4.90 Å².